The summed E-state index contributed by atoms with van der Waals surface area (Å²) in [5.74, 6) is -0.713. The smallest absolute Gasteiger partial charge is 0.194 e. The summed E-state index contributed by atoms with van der Waals surface area (Å²) in [7, 11) is 0. The minimum atomic E-state index is -0.481. The van der Waals surface area contributed by atoms with Crippen molar-refractivity contribution >= 4 is 28.1 Å². The van der Waals surface area contributed by atoms with Gasteiger partial charge in [-0.2, -0.15) is 0 Å². The third kappa shape index (κ3) is 3.96. The normalized spacial score (nSPS) is 11.2. The number of fused-ring (bicyclic) bond motifs is 1. The molecular formula is C23H16F2N4OS2. The molecule has 0 aliphatic rings. The fraction of sp³-hybridized carbons (Fsp3) is 0.0870. The number of halogens is 2. The van der Waals surface area contributed by atoms with Crippen LogP contribution in [0.1, 0.15) is 5.56 Å². The van der Waals surface area contributed by atoms with Crippen molar-refractivity contribution in [3.05, 3.63) is 83.5 Å². The first-order chi connectivity index (χ1) is 15.6. The Morgan fingerprint density at radius 2 is 1.91 bits per heavy atom. The van der Waals surface area contributed by atoms with Crippen molar-refractivity contribution in [1.82, 2.24) is 19.4 Å². The summed E-state index contributed by atoms with van der Waals surface area (Å²) in [4.78, 5) is 14.5. The first-order valence-corrected chi connectivity index (χ1v) is 11.7. The second-order valence-corrected chi connectivity index (χ2v) is 8.50. The molecule has 0 spiro atoms. The zero-order chi connectivity index (χ0) is 22.1. The number of hydrogen-bond acceptors (Lipinski definition) is 6. The van der Waals surface area contributed by atoms with E-state index in [2.05, 4.69) is 9.97 Å². The van der Waals surface area contributed by atoms with Crippen LogP contribution in [0.2, 0.25) is 0 Å². The third-order valence-corrected chi connectivity index (χ3v) is 6.15. The van der Waals surface area contributed by atoms with Crippen LogP contribution in [0, 0.1) is 11.6 Å². The molecule has 3 aromatic heterocycles. The van der Waals surface area contributed by atoms with Crippen LogP contribution < -0.4 is 4.74 Å². The molecule has 0 saturated heterocycles. The van der Waals surface area contributed by atoms with Gasteiger partial charge in [-0.3, -0.25) is 4.40 Å². The molecule has 0 aliphatic heterocycles. The molecule has 0 unspecified atom stereocenters. The molecule has 0 radical (unpaired) electrons. The van der Waals surface area contributed by atoms with Crippen molar-refractivity contribution in [3.63, 3.8) is 0 Å². The maximum absolute atomic E-state index is 14.5. The van der Waals surface area contributed by atoms with Crippen molar-refractivity contribution in [1.29, 1.82) is 0 Å². The van der Waals surface area contributed by atoms with E-state index in [-0.39, 0.29) is 18.2 Å². The maximum Gasteiger partial charge on any atom is 0.194 e. The van der Waals surface area contributed by atoms with Gasteiger partial charge in [-0.25, -0.2) is 23.7 Å². The number of thioether (sulfide) groups is 1. The van der Waals surface area contributed by atoms with Crippen molar-refractivity contribution < 1.29 is 13.5 Å². The topological polar surface area (TPSA) is 52.3 Å². The fourth-order valence-corrected chi connectivity index (χ4v) is 4.38. The molecule has 0 bridgehead atoms. The molecule has 5 rings (SSSR count). The molecule has 3 heterocycles. The van der Waals surface area contributed by atoms with Crippen LogP contribution in [0.3, 0.4) is 0 Å². The standard InChI is InChI=1S/C23H16F2N4OS2/c1-31-22-26-9-8-18(27-22)21-20(28-23-29(21)10-11-32-23)15-4-7-17(25)19(12-15)30-13-14-2-5-16(24)6-3-14/h2-12H,13H2,1H3. The molecule has 0 amide bonds. The monoisotopic (exact) mass is 466 g/mol. The molecule has 5 aromatic rings. The van der Waals surface area contributed by atoms with Gasteiger partial charge in [-0.05, 0) is 48.2 Å². The summed E-state index contributed by atoms with van der Waals surface area (Å²) in [6.45, 7) is 0.120. The van der Waals surface area contributed by atoms with E-state index < -0.39 is 5.82 Å². The van der Waals surface area contributed by atoms with Crippen LogP contribution in [0.25, 0.3) is 27.6 Å². The molecule has 0 N–H and O–H groups in total. The Labute approximate surface area is 190 Å². The number of hydrogen-bond donors (Lipinski definition) is 0. The molecular weight excluding hydrogens is 450 g/mol. The molecule has 0 saturated carbocycles. The number of benzene rings is 2. The Morgan fingerprint density at radius 1 is 1.06 bits per heavy atom. The van der Waals surface area contributed by atoms with Gasteiger partial charge in [-0.15, -0.1) is 11.3 Å². The Bertz CT molecular complexity index is 1400. The molecule has 0 atom stereocenters. The van der Waals surface area contributed by atoms with Crippen LogP contribution in [0.15, 0.2) is 71.5 Å². The van der Waals surface area contributed by atoms with Crippen molar-refractivity contribution in [3.8, 4) is 28.4 Å². The average Bonchev–Trinajstić information content (AvgIpc) is 3.41. The highest BCUT2D eigenvalue weighted by Crippen LogP contribution is 2.36. The predicted molar refractivity (Wildman–Crippen MR) is 122 cm³/mol. The summed E-state index contributed by atoms with van der Waals surface area (Å²) in [5, 5.41) is 2.61. The highest BCUT2D eigenvalue weighted by atomic mass is 32.2. The minimum Gasteiger partial charge on any atom is -0.486 e. The first-order valence-electron chi connectivity index (χ1n) is 9.62. The number of thiazole rings is 1. The highest BCUT2D eigenvalue weighted by molar-refractivity contribution is 7.98. The third-order valence-electron chi connectivity index (χ3n) is 4.83. The predicted octanol–water partition coefficient (Wildman–Crippen LogP) is 6.10. The van der Waals surface area contributed by atoms with Gasteiger partial charge in [0, 0.05) is 23.3 Å². The van der Waals surface area contributed by atoms with E-state index in [1.165, 1.54) is 41.3 Å². The van der Waals surface area contributed by atoms with E-state index in [0.717, 1.165) is 21.9 Å². The van der Waals surface area contributed by atoms with Gasteiger partial charge in [0.2, 0.25) is 0 Å². The zero-order valence-corrected chi connectivity index (χ0v) is 18.5. The fourth-order valence-electron chi connectivity index (χ4n) is 3.31. The van der Waals surface area contributed by atoms with Crippen LogP contribution in [0.5, 0.6) is 5.75 Å². The Morgan fingerprint density at radius 3 is 2.72 bits per heavy atom. The summed E-state index contributed by atoms with van der Waals surface area (Å²) >= 11 is 2.96. The van der Waals surface area contributed by atoms with Gasteiger partial charge in [0.1, 0.15) is 18.1 Å². The maximum atomic E-state index is 14.5. The Hall–Kier alpha value is -3.30. The van der Waals surface area contributed by atoms with E-state index in [9.17, 15) is 8.78 Å². The van der Waals surface area contributed by atoms with E-state index in [0.29, 0.717) is 16.4 Å². The van der Waals surface area contributed by atoms with Crippen molar-refractivity contribution in [2.24, 2.45) is 0 Å². The second-order valence-electron chi connectivity index (χ2n) is 6.85. The second kappa shape index (κ2) is 8.68. The van der Waals surface area contributed by atoms with Gasteiger partial charge in [0.05, 0.1) is 11.4 Å². The first kappa shape index (κ1) is 20.6. The van der Waals surface area contributed by atoms with Crippen molar-refractivity contribution in [2.75, 3.05) is 6.26 Å². The summed E-state index contributed by atoms with van der Waals surface area (Å²) in [5.41, 5.74) is 3.65. The molecule has 0 aliphatic carbocycles. The van der Waals surface area contributed by atoms with Gasteiger partial charge in [0.25, 0.3) is 0 Å². The lowest BCUT2D eigenvalue weighted by Gasteiger charge is -2.10. The number of aromatic nitrogens is 4. The Balaban J connectivity index is 1.55. The minimum absolute atomic E-state index is 0.0987. The van der Waals surface area contributed by atoms with Crippen LogP contribution in [-0.4, -0.2) is 25.6 Å². The van der Waals surface area contributed by atoms with Gasteiger partial charge < -0.3 is 4.74 Å². The molecule has 0 fully saturated rings. The number of rotatable bonds is 6. The number of imidazole rings is 1. The van der Waals surface area contributed by atoms with Gasteiger partial charge >= 0.3 is 0 Å². The average molecular weight is 467 g/mol. The lowest BCUT2D eigenvalue weighted by molar-refractivity contribution is 0.290. The zero-order valence-electron chi connectivity index (χ0n) is 16.8. The SMILES string of the molecule is CSc1nccc(-c2c(-c3ccc(F)c(OCc4ccc(F)cc4)c3)nc3sccn23)n1. The molecule has 160 valence electrons. The molecule has 5 nitrogen and oxygen atoms in total. The van der Waals surface area contributed by atoms with Crippen molar-refractivity contribution in [2.45, 2.75) is 11.8 Å². The van der Waals surface area contributed by atoms with E-state index >= 15 is 0 Å². The highest BCUT2D eigenvalue weighted by Gasteiger charge is 2.20. The summed E-state index contributed by atoms with van der Waals surface area (Å²) in [6.07, 6.45) is 5.56. The molecule has 2 aromatic carbocycles. The number of ether oxygens (including phenoxy) is 1. The Kier molecular flexibility index (Phi) is 5.59. The van der Waals surface area contributed by atoms with E-state index in [1.54, 1.807) is 30.5 Å². The van der Waals surface area contributed by atoms with Crippen LogP contribution >= 0.6 is 23.1 Å². The van der Waals surface area contributed by atoms with E-state index in [1.807, 2.05) is 28.3 Å². The van der Waals surface area contributed by atoms with E-state index in [4.69, 9.17) is 9.72 Å². The molecule has 32 heavy (non-hydrogen) atoms. The lowest BCUT2D eigenvalue weighted by Crippen LogP contribution is -1.98. The molecule has 9 heteroatoms. The van der Waals surface area contributed by atoms with Gasteiger partial charge in [0.15, 0.2) is 21.7 Å². The van der Waals surface area contributed by atoms with Crippen LogP contribution in [-0.2, 0) is 6.61 Å². The number of nitrogens with zero attached hydrogens (tertiary/aromatic N) is 4. The summed E-state index contributed by atoms with van der Waals surface area (Å²) in [6, 6.07) is 12.4. The quantitative estimate of drug-likeness (QED) is 0.224. The lowest BCUT2D eigenvalue weighted by atomic mass is 10.1. The van der Waals surface area contributed by atoms with Gasteiger partial charge in [-0.1, -0.05) is 23.9 Å². The van der Waals surface area contributed by atoms with Crippen LogP contribution in [0.4, 0.5) is 8.78 Å². The summed E-state index contributed by atoms with van der Waals surface area (Å²) < 4.78 is 35.3. The largest absolute Gasteiger partial charge is 0.486 e.